The van der Waals surface area contributed by atoms with Crippen LogP contribution in [0.3, 0.4) is 0 Å². The monoisotopic (exact) mass is 287 g/mol. The zero-order valence-corrected chi connectivity index (χ0v) is 13.6. The first-order chi connectivity index (χ1) is 9.71. The molecule has 1 aromatic heterocycles. The van der Waals surface area contributed by atoms with Crippen LogP contribution in [0.2, 0.25) is 0 Å². The SMILES string of the molecule is CCc1ccc(CC(CCc2cccc(C)c2)NC)s1. The quantitative estimate of drug-likeness (QED) is 0.797. The van der Waals surface area contributed by atoms with Crippen LogP contribution in [-0.2, 0) is 19.3 Å². The summed E-state index contributed by atoms with van der Waals surface area (Å²) < 4.78 is 0. The molecule has 0 aliphatic rings. The van der Waals surface area contributed by atoms with Crippen molar-refractivity contribution >= 4 is 11.3 Å². The van der Waals surface area contributed by atoms with Crippen LogP contribution in [-0.4, -0.2) is 13.1 Å². The molecule has 0 aliphatic carbocycles. The van der Waals surface area contributed by atoms with Crippen LogP contribution < -0.4 is 5.32 Å². The van der Waals surface area contributed by atoms with Crippen molar-refractivity contribution in [2.75, 3.05) is 7.05 Å². The van der Waals surface area contributed by atoms with E-state index in [1.165, 1.54) is 27.3 Å². The van der Waals surface area contributed by atoms with E-state index in [0.717, 1.165) is 19.3 Å². The second-order valence-corrected chi connectivity index (χ2v) is 6.69. The second-order valence-electron chi connectivity index (χ2n) is 5.44. The first kappa shape index (κ1) is 15.3. The molecule has 0 saturated heterocycles. The number of thiophene rings is 1. The van der Waals surface area contributed by atoms with E-state index < -0.39 is 0 Å². The van der Waals surface area contributed by atoms with E-state index in [-0.39, 0.29) is 0 Å². The van der Waals surface area contributed by atoms with E-state index in [0.29, 0.717) is 6.04 Å². The highest BCUT2D eigenvalue weighted by atomic mass is 32.1. The van der Waals surface area contributed by atoms with Crippen LogP contribution in [0.5, 0.6) is 0 Å². The minimum absolute atomic E-state index is 0.568. The second kappa shape index (κ2) is 7.61. The average molecular weight is 287 g/mol. The van der Waals surface area contributed by atoms with Gasteiger partial charge < -0.3 is 5.32 Å². The smallest absolute Gasteiger partial charge is 0.0115 e. The summed E-state index contributed by atoms with van der Waals surface area (Å²) in [6.07, 6.45) is 4.64. The van der Waals surface area contributed by atoms with Gasteiger partial charge in [0.1, 0.15) is 0 Å². The van der Waals surface area contributed by atoms with Gasteiger partial charge in [-0.25, -0.2) is 0 Å². The van der Waals surface area contributed by atoms with Gasteiger partial charge in [-0.2, -0.15) is 0 Å². The highest BCUT2D eigenvalue weighted by Gasteiger charge is 2.09. The van der Waals surface area contributed by atoms with Gasteiger partial charge in [0.25, 0.3) is 0 Å². The predicted molar refractivity (Wildman–Crippen MR) is 89.7 cm³/mol. The lowest BCUT2D eigenvalue weighted by Crippen LogP contribution is -2.27. The molecule has 1 aromatic carbocycles. The molecule has 2 aromatic rings. The lowest BCUT2D eigenvalue weighted by atomic mass is 10.0. The third kappa shape index (κ3) is 4.46. The first-order valence-electron chi connectivity index (χ1n) is 7.51. The Morgan fingerprint density at radius 2 is 1.95 bits per heavy atom. The molecule has 0 aliphatic heterocycles. The number of rotatable bonds is 7. The molecule has 0 radical (unpaired) electrons. The predicted octanol–water partition coefficient (Wildman–Crippen LogP) is 4.38. The molecular weight excluding hydrogens is 262 g/mol. The van der Waals surface area contributed by atoms with Gasteiger partial charge >= 0.3 is 0 Å². The molecule has 20 heavy (non-hydrogen) atoms. The fourth-order valence-corrected chi connectivity index (χ4v) is 3.56. The lowest BCUT2D eigenvalue weighted by molar-refractivity contribution is 0.523. The Kier molecular flexibility index (Phi) is 5.81. The Balaban J connectivity index is 1.89. The maximum atomic E-state index is 3.47. The Hall–Kier alpha value is -1.12. The highest BCUT2D eigenvalue weighted by Crippen LogP contribution is 2.20. The number of hydrogen-bond donors (Lipinski definition) is 1. The van der Waals surface area contributed by atoms with Crippen molar-refractivity contribution in [2.45, 2.75) is 45.6 Å². The van der Waals surface area contributed by atoms with Gasteiger partial charge in [-0.3, -0.25) is 0 Å². The van der Waals surface area contributed by atoms with Gasteiger partial charge in [0, 0.05) is 15.8 Å². The maximum Gasteiger partial charge on any atom is 0.0115 e. The summed E-state index contributed by atoms with van der Waals surface area (Å²) in [5, 5.41) is 3.47. The fraction of sp³-hybridized carbons (Fsp3) is 0.444. The molecule has 0 amide bonds. The summed E-state index contributed by atoms with van der Waals surface area (Å²) in [6, 6.07) is 14.0. The molecule has 0 spiro atoms. The average Bonchev–Trinajstić information content (AvgIpc) is 2.91. The minimum Gasteiger partial charge on any atom is -0.317 e. The van der Waals surface area contributed by atoms with Crippen LogP contribution in [0.4, 0.5) is 0 Å². The van der Waals surface area contributed by atoms with E-state index in [2.05, 4.69) is 62.6 Å². The molecule has 1 heterocycles. The van der Waals surface area contributed by atoms with Gasteiger partial charge in [-0.15, -0.1) is 11.3 Å². The van der Waals surface area contributed by atoms with Gasteiger partial charge in [0.2, 0.25) is 0 Å². The van der Waals surface area contributed by atoms with Crippen LogP contribution in [0.1, 0.15) is 34.2 Å². The molecule has 1 unspecified atom stereocenters. The zero-order valence-electron chi connectivity index (χ0n) is 12.8. The van der Waals surface area contributed by atoms with Gasteiger partial charge in [0.05, 0.1) is 0 Å². The summed E-state index contributed by atoms with van der Waals surface area (Å²) in [7, 11) is 2.08. The largest absolute Gasteiger partial charge is 0.317 e. The lowest BCUT2D eigenvalue weighted by Gasteiger charge is -2.15. The molecule has 1 nitrogen and oxygen atoms in total. The van der Waals surface area contributed by atoms with E-state index in [4.69, 9.17) is 0 Å². The molecule has 108 valence electrons. The molecule has 0 fully saturated rings. The summed E-state index contributed by atoms with van der Waals surface area (Å²) in [6.45, 7) is 4.39. The van der Waals surface area contributed by atoms with Crippen molar-refractivity contribution in [1.29, 1.82) is 0 Å². The molecule has 0 bridgehead atoms. The topological polar surface area (TPSA) is 12.0 Å². The summed E-state index contributed by atoms with van der Waals surface area (Å²) in [5.41, 5.74) is 2.81. The maximum absolute atomic E-state index is 3.47. The normalized spacial score (nSPS) is 12.6. The molecule has 2 heteroatoms. The van der Waals surface area contributed by atoms with Crippen molar-refractivity contribution in [2.24, 2.45) is 0 Å². The third-order valence-corrected chi connectivity index (χ3v) is 5.04. The number of likely N-dealkylation sites (N-methyl/N-ethyl adjacent to an activating group) is 1. The molecule has 1 N–H and O–H groups in total. The molecule has 1 atom stereocenters. The number of aryl methyl sites for hydroxylation is 3. The van der Waals surface area contributed by atoms with E-state index in [1.54, 1.807) is 0 Å². The minimum atomic E-state index is 0.568. The van der Waals surface area contributed by atoms with Gasteiger partial charge in [-0.1, -0.05) is 36.8 Å². The van der Waals surface area contributed by atoms with Crippen LogP contribution in [0, 0.1) is 6.92 Å². The van der Waals surface area contributed by atoms with E-state index in [1.807, 2.05) is 11.3 Å². The Morgan fingerprint density at radius 1 is 1.15 bits per heavy atom. The fourth-order valence-electron chi connectivity index (χ4n) is 2.52. The first-order valence-corrected chi connectivity index (χ1v) is 8.33. The summed E-state index contributed by atoms with van der Waals surface area (Å²) >= 11 is 1.96. The van der Waals surface area contributed by atoms with E-state index >= 15 is 0 Å². The molecular formula is C18H25NS. The van der Waals surface area contributed by atoms with Crippen LogP contribution in [0.15, 0.2) is 36.4 Å². The number of nitrogens with one attached hydrogen (secondary N) is 1. The van der Waals surface area contributed by atoms with Crippen molar-refractivity contribution in [3.8, 4) is 0 Å². The molecule has 2 rings (SSSR count). The van der Waals surface area contributed by atoms with Crippen molar-refractivity contribution in [3.63, 3.8) is 0 Å². The summed E-state index contributed by atoms with van der Waals surface area (Å²) in [5.74, 6) is 0. The van der Waals surface area contributed by atoms with Crippen LogP contribution >= 0.6 is 11.3 Å². The molecule has 0 saturated carbocycles. The third-order valence-electron chi connectivity index (χ3n) is 3.79. The van der Waals surface area contributed by atoms with Crippen molar-refractivity contribution < 1.29 is 0 Å². The van der Waals surface area contributed by atoms with Gasteiger partial charge in [-0.05, 0) is 57.4 Å². The Labute approximate surface area is 127 Å². The van der Waals surface area contributed by atoms with Crippen LogP contribution in [0.25, 0.3) is 0 Å². The summed E-state index contributed by atoms with van der Waals surface area (Å²) in [4.78, 5) is 3.00. The number of hydrogen-bond acceptors (Lipinski definition) is 2. The van der Waals surface area contributed by atoms with Crippen molar-refractivity contribution in [3.05, 3.63) is 57.3 Å². The Morgan fingerprint density at radius 3 is 2.60 bits per heavy atom. The zero-order chi connectivity index (χ0) is 14.4. The van der Waals surface area contributed by atoms with Crippen molar-refractivity contribution in [1.82, 2.24) is 5.32 Å². The van der Waals surface area contributed by atoms with Gasteiger partial charge in [0.15, 0.2) is 0 Å². The Bertz CT molecular complexity index is 530. The van der Waals surface area contributed by atoms with E-state index in [9.17, 15) is 0 Å². The number of benzene rings is 1. The standard InChI is InChI=1S/C18H25NS/c1-4-17-10-11-18(20-17)13-16(19-3)9-8-15-7-5-6-14(2)12-15/h5-7,10-12,16,19H,4,8-9,13H2,1-3H3. The highest BCUT2D eigenvalue weighted by molar-refractivity contribution is 7.11.